The Bertz CT molecular complexity index is 2250. The lowest BCUT2D eigenvalue weighted by Crippen LogP contribution is -2.58. The molecule has 9 amide bonds. The second-order valence-electron chi connectivity index (χ2n) is 21.0. The third-order valence-electron chi connectivity index (χ3n) is 14.6. The molecule has 12 N–H and O–H groups in total. The average Bonchev–Trinajstić information content (AvgIpc) is 4.25. The van der Waals surface area contributed by atoms with Crippen molar-refractivity contribution in [1.29, 1.82) is 0 Å². The smallest absolute Gasteiger partial charge is 0.247 e. The van der Waals surface area contributed by atoms with Crippen LogP contribution in [0.5, 0.6) is 0 Å². The first kappa shape index (κ1) is 67.3. The van der Waals surface area contributed by atoms with Crippen LogP contribution < -0.4 is 49.1 Å². The molecule has 1 aromatic carbocycles. The maximum Gasteiger partial charge on any atom is 0.247 e. The summed E-state index contributed by atoms with van der Waals surface area (Å²) in [6.45, 7) is 11.2. The number of nitrogens with one attached hydrogen (secondary N) is 6. The minimum Gasteiger partial charge on any atom is -0.368 e. The van der Waals surface area contributed by atoms with Crippen molar-refractivity contribution in [2.24, 2.45) is 23.1 Å². The van der Waals surface area contributed by atoms with E-state index in [4.69, 9.17) is 17.2 Å². The Morgan fingerprint density at radius 2 is 1.34 bits per heavy atom. The van der Waals surface area contributed by atoms with Gasteiger partial charge in [-0.2, -0.15) is 11.8 Å². The summed E-state index contributed by atoms with van der Waals surface area (Å²) in [5, 5.41) is 17.3. The summed E-state index contributed by atoms with van der Waals surface area (Å²) in [6, 6.07) is 1.90. The topological polar surface area (TPSA) is 331 Å². The largest absolute Gasteiger partial charge is 0.368 e. The fourth-order valence-electron chi connectivity index (χ4n) is 10.1. The zero-order valence-corrected chi connectivity index (χ0v) is 49.5. The number of aldehydes is 1. The molecule has 0 radical (unpaired) electrons. The van der Waals surface area contributed by atoms with E-state index in [-0.39, 0.29) is 66.7 Å². The van der Waals surface area contributed by atoms with Crippen LogP contribution in [0.25, 0.3) is 0 Å². The van der Waals surface area contributed by atoms with Crippen molar-refractivity contribution in [2.75, 3.05) is 62.8 Å². The normalized spacial score (nSPS) is 19.3. The molecule has 3 fully saturated rings. The monoisotopic (exact) mass is 1170 g/mol. The predicted octanol–water partition coefficient (Wildman–Crippen LogP) is 0.893. The molecule has 4 rings (SSSR count). The van der Waals surface area contributed by atoms with Crippen LogP contribution in [0, 0.1) is 5.92 Å². The van der Waals surface area contributed by atoms with Crippen LogP contribution in [-0.2, 0) is 54.4 Å². The number of benzene rings is 1. The first-order valence-corrected chi connectivity index (χ1v) is 32.0. The lowest BCUT2D eigenvalue weighted by molar-refractivity contribution is -0.146. The number of hydrogen-bond donors (Lipinski definition) is 9. The zero-order valence-electron chi connectivity index (χ0n) is 47.1. The second-order valence-corrected chi connectivity index (χ2v) is 24.7. The van der Waals surface area contributed by atoms with Gasteiger partial charge in [0, 0.05) is 62.6 Å². The van der Waals surface area contributed by atoms with Crippen LogP contribution in [0.2, 0.25) is 0 Å². The van der Waals surface area contributed by atoms with E-state index in [0.29, 0.717) is 115 Å². The number of nitrogens with zero attached hydrogens (tertiary/aromatic N) is 3. The molecule has 0 spiro atoms. The highest BCUT2D eigenvalue weighted by Gasteiger charge is 2.43. The average molecular weight is 1170 g/mol. The van der Waals surface area contributed by atoms with Crippen molar-refractivity contribution < 1.29 is 47.9 Å². The van der Waals surface area contributed by atoms with Gasteiger partial charge in [0.1, 0.15) is 42.5 Å². The molecule has 0 saturated carbocycles. The van der Waals surface area contributed by atoms with Gasteiger partial charge in [-0.15, -0.1) is 0 Å². The molecule has 446 valence electrons. The molecule has 3 heterocycles. The Hall–Kier alpha value is -5.21. The summed E-state index contributed by atoms with van der Waals surface area (Å²) in [5.74, 6) is -3.43. The molecule has 3 saturated heterocycles. The number of primary amides is 1. The quantitative estimate of drug-likeness (QED) is 0.0195. The van der Waals surface area contributed by atoms with E-state index in [1.54, 1.807) is 9.80 Å². The lowest BCUT2D eigenvalue weighted by Gasteiger charge is -2.34. The van der Waals surface area contributed by atoms with E-state index in [9.17, 15) is 47.9 Å². The minimum absolute atomic E-state index is 0.0347. The maximum absolute atomic E-state index is 14.6. The molecule has 3 aliphatic rings. The Morgan fingerprint density at radius 3 is 1.98 bits per heavy atom. The number of carbonyl (C=O) groups is 10. The van der Waals surface area contributed by atoms with E-state index in [2.05, 4.69) is 38.5 Å². The van der Waals surface area contributed by atoms with Gasteiger partial charge in [-0.05, 0) is 120 Å². The van der Waals surface area contributed by atoms with Gasteiger partial charge >= 0.3 is 0 Å². The van der Waals surface area contributed by atoms with Crippen molar-refractivity contribution in [3.05, 3.63) is 48.0 Å². The first-order valence-electron chi connectivity index (χ1n) is 28.1. The van der Waals surface area contributed by atoms with Gasteiger partial charge in [-0.1, -0.05) is 72.3 Å². The van der Waals surface area contributed by atoms with Gasteiger partial charge in [0.05, 0.1) is 12.1 Å². The van der Waals surface area contributed by atoms with Gasteiger partial charge in [0.25, 0.3) is 0 Å². The first-order chi connectivity index (χ1) is 38.3. The number of likely N-dealkylation sites (tertiary alicyclic amines) is 3. The standard InChI is InChI=1S/C55H88N12O10S3/c1-35(2)47(60-37(4)69)55(77)66-27-13-20-45(66)52(74)62-42(23-29-78-5)50(72)61-39(33-68)22-30-79-80-34-44(64-49(71)36(3)31-38-15-7-6-8-16-38)51(73)63-43(18-9-10-24-56)53(75)67-28-14-21-46(67)54(76)65-26-12-17-40(65)32-59-41(48(58)70)19-11-25-57/h6-8,15-16,33,35,39-47,59H,3,9-14,17-32,34,56-57H2,1-2,4-5H3,(H2,58,70)(H,60,69)(H,61,72)(H,62,74)(H,63,73)(H,64,71). The molecular weight excluding hydrogens is 1080 g/mol. The van der Waals surface area contributed by atoms with Crippen LogP contribution in [0.3, 0.4) is 0 Å². The third-order valence-corrected chi connectivity index (χ3v) is 17.7. The number of nitrogens with two attached hydrogens (primary N) is 3. The Labute approximate surface area is 484 Å². The second kappa shape index (κ2) is 35.6. The van der Waals surface area contributed by atoms with Crippen LogP contribution in [0.15, 0.2) is 42.5 Å². The molecular formula is C55H88N12O10S3. The van der Waals surface area contributed by atoms with Crippen molar-refractivity contribution in [2.45, 2.75) is 165 Å². The van der Waals surface area contributed by atoms with Crippen LogP contribution in [0.4, 0.5) is 0 Å². The van der Waals surface area contributed by atoms with E-state index in [1.807, 2.05) is 50.4 Å². The summed E-state index contributed by atoms with van der Waals surface area (Å²) in [4.78, 5) is 139. The molecule has 0 aromatic heterocycles. The van der Waals surface area contributed by atoms with E-state index < -0.39 is 83.8 Å². The molecule has 22 nitrogen and oxygen atoms in total. The van der Waals surface area contributed by atoms with Crippen LogP contribution in [0.1, 0.15) is 110 Å². The Kier molecular flexibility index (Phi) is 30.0. The van der Waals surface area contributed by atoms with Gasteiger partial charge in [-0.3, -0.25) is 43.2 Å². The molecule has 9 atom stereocenters. The summed E-state index contributed by atoms with van der Waals surface area (Å²) in [5.41, 5.74) is 18.2. The highest BCUT2D eigenvalue weighted by molar-refractivity contribution is 8.76. The van der Waals surface area contributed by atoms with Crippen molar-refractivity contribution in [3.63, 3.8) is 0 Å². The molecule has 0 bridgehead atoms. The molecule has 80 heavy (non-hydrogen) atoms. The predicted molar refractivity (Wildman–Crippen MR) is 314 cm³/mol. The minimum atomic E-state index is -1.16. The van der Waals surface area contributed by atoms with Crippen molar-refractivity contribution >= 4 is 92.8 Å². The van der Waals surface area contributed by atoms with E-state index >= 15 is 0 Å². The number of hydrogen-bond acceptors (Lipinski definition) is 16. The number of unbranched alkanes of at least 4 members (excludes halogenated alkanes) is 1. The molecule has 25 heteroatoms. The molecule has 0 aliphatic carbocycles. The Balaban J connectivity index is 1.43. The Morgan fingerprint density at radius 1 is 0.700 bits per heavy atom. The fourth-order valence-corrected chi connectivity index (χ4v) is 12.9. The third kappa shape index (κ3) is 21.3. The molecule has 3 aliphatic heterocycles. The van der Waals surface area contributed by atoms with Gasteiger partial charge < -0.3 is 68.6 Å². The van der Waals surface area contributed by atoms with E-state index in [0.717, 1.165) is 12.0 Å². The van der Waals surface area contributed by atoms with Gasteiger partial charge in [0.2, 0.25) is 53.2 Å². The molecule has 9 unspecified atom stereocenters. The highest BCUT2D eigenvalue weighted by atomic mass is 33.1. The van der Waals surface area contributed by atoms with Crippen molar-refractivity contribution in [3.8, 4) is 0 Å². The van der Waals surface area contributed by atoms with Crippen molar-refractivity contribution in [1.82, 2.24) is 46.6 Å². The number of amides is 9. The van der Waals surface area contributed by atoms with Crippen LogP contribution >= 0.6 is 33.3 Å². The van der Waals surface area contributed by atoms with Gasteiger partial charge in [0.15, 0.2) is 0 Å². The van der Waals surface area contributed by atoms with Crippen LogP contribution in [-0.4, -0.2) is 191 Å². The summed E-state index contributed by atoms with van der Waals surface area (Å²) in [6.07, 6.45) is 8.97. The van der Waals surface area contributed by atoms with E-state index in [1.165, 1.54) is 45.2 Å². The fraction of sp³-hybridized carbons (Fsp3) is 0.673. The number of thioether (sulfide) groups is 1. The number of carbonyl (C=O) groups excluding carboxylic acids is 10. The highest BCUT2D eigenvalue weighted by Crippen LogP contribution is 2.28. The zero-order chi connectivity index (χ0) is 58.7. The number of rotatable bonds is 36. The summed E-state index contributed by atoms with van der Waals surface area (Å²) in [7, 11) is 2.56. The maximum atomic E-state index is 14.6. The lowest BCUT2D eigenvalue weighted by atomic mass is 10.0. The van der Waals surface area contributed by atoms with Gasteiger partial charge in [-0.25, -0.2) is 0 Å². The SMILES string of the molecule is C=C(Cc1ccccc1)C(=O)NC(CSSCCC(C=O)NC(=O)C(CCSC)NC(=O)C1CCCN1C(=O)C(NC(C)=O)C(C)C)C(=O)NC(CCCCN)C(=O)N1CCCC1C(=O)N1CCCC1CNC(CCCN)C(N)=O. The summed E-state index contributed by atoms with van der Waals surface area (Å²) >= 11 is 1.48. The summed E-state index contributed by atoms with van der Waals surface area (Å²) < 4.78 is 0. The molecule has 1 aromatic rings.